The van der Waals surface area contributed by atoms with Crippen LogP contribution in [0.4, 0.5) is 21.6 Å². The molecule has 3 N–H and O–H groups in total. The van der Waals surface area contributed by atoms with Crippen LogP contribution < -0.4 is 11.1 Å². The predicted octanol–water partition coefficient (Wildman–Crippen LogP) is 4.18. The molecule has 3 aromatic rings. The number of anilines is 2. The molecule has 8 nitrogen and oxygen atoms in total. The lowest BCUT2D eigenvalue weighted by atomic mass is 9.89. The molecule has 1 aromatic carbocycles. The van der Waals surface area contributed by atoms with Gasteiger partial charge in [0.05, 0.1) is 16.1 Å². The lowest BCUT2D eigenvalue weighted by molar-refractivity contribution is -0.387. The molecule has 156 valence electrons. The number of hydrogen-bond donors (Lipinski definition) is 2. The maximum Gasteiger partial charge on any atom is 0.306 e. The van der Waals surface area contributed by atoms with Crippen LogP contribution in [-0.4, -0.2) is 26.6 Å². The van der Waals surface area contributed by atoms with E-state index in [-0.39, 0.29) is 11.4 Å². The number of halogens is 1. The molecule has 2 heterocycles. The van der Waals surface area contributed by atoms with Crippen molar-refractivity contribution in [3.8, 4) is 0 Å². The zero-order chi connectivity index (χ0) is 21.4. The normalized spacial score (nSPS) is 15.7. The minimum atomic E-state index is -0.961. The third-order valence-corrected chi connectivity index (χ3v) is 6.92. The number of thioether (sulfide) groups is 1. The van der Waals surface area contributed by atoms with Gasteiger partial charge in [-0.05, 0) is 42.9 Å². The number of carbonyl (C=O) groups is 1. The molecule has 0 saturated heterocycles. The molecule has 1 aliphatic rings. The van der Waals surface area contributed by atoms with Gasteiger partial charge in [0.2, 0.25) is 11.7 Å². The van der Waals surface area contributed by atoms with Crippen molar-refractivity contribution in [2.24, 2.45) is 5.92 Å². The van der Waals surface area contributed by atoms with Crippen LogP contribution >= 0.6 is 23.1 Å². The smallest absolute Gasteiger partial charge is 0.306 e. The van der Waals surface area contributed by atoms with Crippen molar-refractivity contribution in [1.82, 2.24) is 9.97 Å². The third kappa shape index (κ3) is 4.08. The van der Waals surface area contributed by atoms with E-state index in [1.165, 1.54) is 16.5 Å². The Morgan fingerprint density at radius 1 is 1.47 bits per heavy atom. The van der Waals surface area contributed by atoms with Gasteiger partial charge in [-0.25, -0.2) is 9.97 Å². The second-order valence-corrected chi connectivity index (χ2v) is 9.21. The van der Waals surface area contributed by atoms with E-state index in [0.29, 0.717) is 16.9 Å². The molecular weight excluding hydrogens is 429 g/mol. The van der Waals surface area contributed by atoms with E-state index in [4.69, 9.17) is 5.73 Å². The number of rotatable bonds is 5. The Balaban J connectivity index is 1.47. The van der Waals surface area contributed by atoms with Crippen molar-refractivity contribution in [3.63, 3.8) is 0 Å². The minimum absolute atomic E-state index is 0.0156. The van der Waals surface area contributed by atoms with Crippen LogP contribution in [0.1, 0.15) is 23.8 Å². The summed E-state index contributed by atoms with van der Waals surface area (Å²) in [5.74, 6) is -0.332. The van der Waals surface area contributed by atoms with Crippen molar-refractivity contribution in [1.29, 1.82) is 0 Å². The van der Waals surface area contributed by atoms with Gasteiger partial charge in [-0.2, -0.15) is 4.39 Å². The highest BCUT2D eigenvalue weighted by Gasteiger charge is 2.23. The fourth-order valence-corrected chi connectivity index (χ4v) is 5.57. The zero-order valence-electron chi connectivity index (χ0n) is 16.0. The number of carbonyl (C=O) groups excluding carboxylic acids is 1. The number of hydrogen-bond acceptors (Lipinski definition) is 8. The summed E-state index contributed by atoms with van der Waals surface area (Å²) < 4.78 is 13.4. The first-order valence-corrected chi connectivity index (χ1v) is 11.1. The van der Waals surface area contributed by atoms with E-state index >= 15 is 0 Å². The van der Waals surface area contributed by atoms with Gasteiger partial charge in [-0.3, -0.25) is 14.9 Å². The molecule has 1 unspecified atom stereocenters. The largest absolute Gasteiger partial charge is 0.383 e. The molecule has 0 aliphatic heterocycles. The van der Waals surface area contributed by atoms with Crippen LogP contribution in [0.5, 0.6) is 0 Å². The summed E-state index contributed by atoms with van der Waals surface area (Å²) in [6, 6.07) is 3.19. The van der Waals surface area contributed by atoms with Crippen molar-refractivity contribution in [2.45, 2.75) is 31.3 Å². The topological polar surface area (TPSA) is 124 Å². The van der Waals surface area contributed by atoms with Gasteiger partial charge < -0.3 is 11.1 Å². The van der Waals surface area contributed by atoms with E-state index in [0.717, 1.165) is 53.4 Å². The summed E-state index contributed by atoms with van der Waals surface area (Å²) in [6.45, 7) is 2.23. The molecule has 1 amide bonds. The first-order chi connectivity index (χ1) is 14.3. The van der Waals surface area contributed by atoms with Gasteiger partial charge in [0, 0.05) is 16.6 Å². The zero-order valence-corrected chi connectivity index (χ0v) is 17.6. The molecular formula is C19H18FN5O3S2. The number of nitrogens with one attached hydrogen (secondary N) is 1. The highest BCUT2D eigenvalue weighted by Crippen LogP contribution is 2.39. The van der Waals surface area contributed by atoms with Crippen LogP contribution in [-0.2, 0) is 17.6 Å². The molecule has 1 aliphatic carbocycles. The number of amides is 1. The average Bonchev–Trinajstić information content (AvgIpc) is 3.05. The van der Waals surface area contributed by atoms with Crippen molar-refractivity contribution < 1.29 is 14.1 Å². The van der Waals surface area contributed by atoms with Crippen LogP contribution in [0.2, 0.25) is 0 Å². The summed E-state index contributed by atoms with van der Waals surface area (Å²) in [6.07, 6.45) is 3.11. The number of nitrogen functional groups attached to an aromatic ring is 1. The van der Waals surface area contributed by atoms with Crippen molar-refractivity contribution >= 4 is 56.4 Å². The molecule has 0 bridgehead atoms. The lowest BCUT2D eigenvalue weighted by Gasteiger charge is -2.17. The molecule has 11 heteroatoms. The fourth-order valence-electron chi connectivity index (χ4n) is 3.47. The Bertz CT molecular complexity index is 1170. The first-order valence-electron chi connectivity index (χ1n) is 9.26. The van der Waals surface area contributed by atoms with Gasteiger partial charge in [-0.15, -0.1) is 11.3 Å². The highest BCUT2D eigenvalue weighted by atomic mass is 32.2. The Kier molecular flexibility index (Phi) is 5.56. The van der Waals surface area contributed by atoms with Gasteiger partial charge in [0.1, 0.15) is 10.6 Å². The van der Waals surface area contributed by atoms with Gasteiger partial charge in [-0.1, -0.05) is 18.7 Å². The Labute approximate surface area is 179 Å². The Hall–Kier alpha value is -2.79. The standard InChI is InChI=1S/C19H18FN5O3S2/c1-9-2-4-11-14(6-9)30-18-16(11)17(21)23-19(24-18)29-8-15(26)22-10-3-5-12(20)13(7-10)25(27)28/h3,5,7,9H,2,4,6,8H2,1H3,(H,22,26)(H2,21,23,24). The molecule has 0 saturated carbocycles. The summed E-state index contributed by atoms with van der Waals surface area (Å²) in [5.41, 5.74) is 6.89. The monoisotopic (exact) mass is 447 g/mol. The first kappa shape index (κ1) is 20.5. The van der Waals surface area contributed by atoms with E-state index in [2.05, 4.69) is 22.2 Å². The summed E-state index contributed by atoms with van der Waals surface area (Å²) in [4.78, 5) is 33.2. The van der Waals surface area contributed by atoms with Gasteiger partial charge in [0.15, 0.2) is 5.16 Å². The van der Waals surface area contributed by atoms with Crippen LogP contribution in [0.3, 0.4) is 0 Å². The van der Waals surface area contributed by atoms with Gasteiger partial charge in [0.25, 0.3) is 0 Å². The van der Waals surface area contributed by atoms with Crippen molar-refractivity contribution in [2.75, 3.05) is 16.8 Å². The Morgan fingerprint density at radius 2 is 2.27 bits per heavy atom. The summed E-state index contributed by atoms with van der Waals surface area (Å²) >= 11 is 2.75. The summed E-state index contributed by atoms with van der Waals surface area (Å²) in [5, 5.41) is 14.7. The Morgan fingerprint density at radius 3 is 3.03 bits per heavy atom. The number of nitro groups is 1. The van der Waals surface area contributed by atoms with Crippen LogP contribution in [0.25, 0.3) is 10.2 Å². The number of nitrogens with two attached hydrogens (primary N) is 1. The molecule has 0 fully saturated rings. The maximum absolute atomic E-state index is 13.4. The summed E-state index contributed by atoms with van der Waals surface area (Å²) in [7, 11) is 0. The second kappa shape index (κ2) is 8.15. The van der Waals surface area contributed by atoms with E-state index in [9.17, 15) is 19.3 Å². The average molecular weight is 448 g/mol. The number of nitro benzene ring substituents is 1. The van der Waals surface area contributed by atoms with E-state index < -0.39 is 22.3 Å². The lowest BCUT2D eigenvalue weighted by Crippen LogP contribution is -2.14. The van der Waals surface area contributed by atoms with Gasteiger partial charge >= 0.3 is 5.69 Å². The van der Waals surface area contributed by atoms with Crippen LogP contribution in [0, 0.1) is 21.8 Å². The molecule has 4 rings (SSSR count). The molecule has 1 atom stereocenters. The van der Waals surface area contributed by atoms with Crippen LogP contribution in [0.15, 0.2) is 23.4 Å². The number of fused-ring (bicyclic) bond motifs is 3. The molecule has 30 heavy (non-hydrogen) atoms. The SMILES string of the molecule is CC1CCc2c(sc3nc(SCC(=O)Nc4ccc(F)c([N+](=O)[O-])c4)nc(N)c23)C1. The van der Waals surface area contributed by atoms with E-state index in [1.54, 1.807) is 11.3 Å². The highest BCUT2D eigenvalue weighted by molar-refractivity contribution is 7.99. The quantitative estimate of drug-likeness (QED) is 0.260. The van der Waals surface area contributed by atoms with Crippen molar-refractivity contribution in [3.05, 3.63) is 44.6 Å². The number of benzene rings is 1. The minimum Gasteiger partial charge on any atom is -0.383 e. The number of nitrogens with zero attached hydrogens (tertiary/aromatic N) is 3. The molecule has 2 aromatic heterocycles. The molecule has 0 spiro atoms. The molecule has 0 radical (unpaired) electrons. The number of thiophene rings is 1. The second-order valence-electron chi connectivity index (χ2n) is 7.18. The predicted molar refractivity (Wildman–Crippen MR) is 115 cm³/mol. The van der Waals surface area contributed by atoms with E-state index in [1.807, 2.05) is 0 Å². The number of aromatic nitrogens is 2. The number of aryl methyl sites for hydroxylation is 1. The third-order valence-electron chi connectivity index (χ3n) is 4.92. The maximum atomic E-state index is 13.4. The fraction of sp³-hybridized carbons (Fsp3) is 0.316.